The number of piperidine rings is 1. The van der Waals surface area contributed by atoms with E-state index in [1.165, 1.54) is 12.1 Å². The third-order valence-electron chi connectivity index (χ3n) is 7.17. The summed E-state index contributed by atoms with van der Waals surface area (Å²) in [4.78, 5) is 27.6. The van der Waals surface area contributed by atoms with E-state index < -0.39 is 23.3 Å². The Morgan fingerprint density at radius 1 is 1.09 bits per heavy atom. The van der Waals surface area contributed by atoms with E-state index in [4.69, 9.17) is 9.84 Å². The van der Waals surface area contributed by atoms with Gasteiger partial charge in [-0.2, -0.15) is 13.2 Å². The second-order valence-electron chi connectivity index (χ2n) is 9.46. The number of carbonyl (C=O) groups is 2. The lowest BCUT2D eigenvalue weighted by Gasteiger charge is -2.37. The van der Waals surface area contributed by atoms with Crippen LogP contribution in [-0.4, -0.2) is 58.7 Å². The summed E-state index contributed by atoms with van der Waals surface area (Å²) in [5, 5.41) is 9.14. The Morgan fingerprint density at radius 2 is 1.72 bits per heavy atom. The predicted molar refractivity (Wildman–Crippen MR) is 110 cm³/mol. The SMILES string of the molecule is O=C1OC2(CCN(Cc3ccc(C(F)(F)F)cc3)CC2)CN1C[C@H]1CC[C@@H](C(=O)O)CC1. The number of halogens is 3. The average molecular weight is 454 g/mol. The number of carbonyl (C=O) groups excluding carboxylic acids is 1. The van der Waals surface area contributed by atoms with Crippen LogP contribution in [0.15, 0.2) is 24.3 Å². The molecule has 0 atom stereocenters. The first-order valence-electron chi connectivity index (χ1n) is 11.2. The standard InChI is InChI=1S/C23H29F3N2O4/c24-23(25,26)19-7-3-16(4-8-19)13-27-11-9-22(10-12-27)15-28(21(31)32-22)14-17-1-5-18(6-2-17)20(29)30/h3-4,7-8,17-18H,1-2,5-6,9-15H2,(H,29,30)/t17-,18+. The molecule has 4 rings (SSSR count). The molecule has 176 valence electrons. The van der Waals surface area contributed by atoms with E-state index in [2.05, 4.69) is 4.90 Å². The zero-order chi connectivity index (χ0) is 22.9. The Morgan fingerprint density at radius 3 is 2.28 bits per heavy atom. The average Bonchev–Trinajstić information content (AvgIpc) is 3.04. The molecule has 1 aromatic carbocycles. The molecular formula is C23H29F3N2O4. The molecule has 1 N–H and O–H groups in total. The number of hydrogen-bond donors (Lipinski definition) is 1. The number of nitrogens with zero attached hydrogens (tertiary/aromatic N) is 2. The van der Waals surface area contributed by atoms with Gasteiger partial charge in [-0.25, -0.2) is 4.79 Å². The molecule has 0 radical (unpaired) electrons. The molecule has 9 heteroatoms. The highest BCUT2D eigenvalue weighted by Gasteiger charge is 2.47. The van der Waals surface area contributed by atoms with Gasteiger partial charge >= 0.3 is 18.2 Å². The van der Waals surface area contributed by atoms with Crippen molar-refractivity contribution < 1.29 is 32.6 Å². The zero-order valence-corrected chi connectivity index (χ0v) is 17.9. The lowest BCUT2D eigenvalue weighted by Crippen LogP contribution is -2.46. The minimum Gasteiger partial charge on any atom is -0.481 e. The Hall–Kier alpha value is -2.29. The molecule has 2 heterocycles. The number of carboxylic acid groups (broad SMARTS) is 1. The summed E-state index contributed by atoms with van der Waals surface area (Å²) in [6.07, 6.45) is -0.280. The maximum Gasteiger partial charge on any atom is 0.416 e. The topological polar surface area (TPSA) is 70.1 Å². The molecule has 0 bridgehead atoms. The van der Waals surface area contributed by atoms with E-state index in [1.807, 2.05) is 0 Å². The molecule has 0 aromatic heterocycles. The number of alkyl halides is 3. The van der Waals surface area contributed by atoms with Gasteiger partial charge < -0.3 is 14.7 Å². The van der Waals surface area contributed by atoms with Crippen molar-refractivity contribution in [2.45, 2.75) is 56.8 Å². The molecule has 2 aliphatic heterocycles. The minimum atomic E-state index is -4.33. The smallest absolute Gasteiger partial charge is 0.416 e. The third-order valence-corrected chi connectivity index (χ3v) is 7.17. The molecule has 6 nitrogen and oxygen atoms in total. The molecule has 32 heavy (non-hydrogen) atoms. The Bertz CT molecular complexity index is 827. The van der Waals surface area contributed by atoms with Crippen molar-refractivity contribution in [2.24, 2.45) is 11.8 Å². The van der Waals surface area contributed by atoms with Gasteiger partial charge in [0, 0.05) is 39.0 Å². The van der Waals surface area contributed by atoms with E-state index in [0.717, 1.165) is 30.5 Å². The maximum atomic E-state index is 12.7. The van der Waals surface area contributed by atoms with Gasteiger partial charge in [-0.05, 0) is 49.3 Å². The van der Waals surface area contributed by atoms with Crippen LogP contribution in [0, 0.1) is 11.8 Å². The number of ether oxygens (including phenoxy) is 1. The Labute approximate surface area is 185 Å². The zero-order valence-electron chi connectivity index (χ0n) is 17.9. The summed E-state index contributed by atoms with van der Waals surface area (Å²) in [5.74, 6) is -0.684. The van der Waals surface area contributed by atoms with Crippen molar-refractivity contribution in [3.63, 3.8) is 0 Å². The fraction of sp³-hybridized carbons (Fsp3) is 0.652. The predicted octanol–water partition coefficient (Wildman–Crippen LogP) is 4.38. The van der Waals surface area contributed by atoms with Crippen LogP contribution in [0.2, 0.25) is 0 Å². The third kappa shape index (κ3) is 5.19. The lowest BCUT2D eigenvalue weighted by molar-refractivity contribution is -0.143. The van der Waals surface area contributed by atoms with Crippen LogP contribution < -0.4 is 0 Å². The van der Waals surface area contributed by atoms with Crippen molar-refractivity contribution in [1.29, 1.82) is 0 Å². The van der Waals surface area contributed by atoms with Crippen LogP contribution in [0.1, 0.15) is 49.7 Å². The molecule has 3 fully saturated rings. The number of likely N-dealkylation sites (tertiary alicyclic amines) is 1. The number of aliphatic carboxylic acids is 1. The highest BCUT2D eigenvalue weighted by Crippen LogP contribution is 2.36. The van der Waals surface area contributed by atoms with Gasteiger partial charge in [-0.3, -0.25) is 9.69 Å². The van der Waals surface area contributed by atoms with Crippen LogP contribution in [0.25, 0.3) is 0 Å². The van der Waals surface area contributed by atoms with Gasteiger partial charge in [0.1, 0.15) is 5.60 Å². The number of rotatable bonds is 5. The van der Waals surface area contributed by atoms with E-state index in [1.54, 1.807) is 4.90 Å². The summed E-state index contributed by atoms with van der Waals surface area (Å²) in [7, 11) is 0. The number of carboxylic acids is 1. The van der Waals surface area contributed by atoms with Crippen LogP contribution in [0.4, 0.5) is 18.0 Å². The monoisotopic (exact) mass is 454 g/mol. The highest BCUT2D eigenvalue weighted by molar-refractivity contribution is 5.71. The van der Waals surface area contributed by atoms with Crippen LogP contribution in [0.5, 0.6) is 0 Å². The van der Waals surface area contributed by atoms with E-state index in [9.17, 15) is 22.8 Å². The molecule has 0 unspecified atom stereocenters. The number of hydrogen-bond acceptors (Lipinski definition) is 4. The van der Waals surface area contributed by atoms with Gasteiger partial charge in [0.25, 0.3) is 0 Å². The molecule has 1 spiro atoms. The second-order valence-corrected chi connectivity index (χ2v) is 9.46. The van der Waals surface area contributed by atoms with E-state index >= 15 is 0 Å². The van der Waals surface area contributed by atoms with E-state index in [0.29, 0.717) is 64.3 Å². The van der Waals surface area contributed by atoms with Crippen LogP contribution in [0.3, 0.4) is 0 Å². The largest absolute Gasteiger partial charge is 0.481 e. The normalized spacial score (nSPS) is 26.3. The first-order valence-corrected chi connectivity index (χ1v) is 11.2. The fourth-order valence-electron chi connectivity index (χ4n) is 5.17. The molecule has 3 aliphatic rings. The fourth-order valence-corrected chi connectivity index (χ4v) is 5.17. The van der Waals surface area contributed by atoms with Crippen molar-refractivity contribution in [2.75, 3.05) is 26.2 Å². The van der Waals surface area contributed by atoms with Gasteiger partial charge in [0.15, 0.2) is 0 Å². The summed E-state index contributed by atoms with van der Waals surface area (Å²) in [5.41, 5.74) is -0.310. The van der Waals surface area contributed by atoms with Gasteiger partial charge in [0.2, 0.25) is 0 Å². The van der Waals surface area contributed by atoms with E-state index in [-0.39, 0.29) is 12.0 Å². The number of amides is 1. The molecule has 1 amide bonds. The Balaban J connectivity index is 1.25. The molecule has 1 saturated carbocycles. The van der Waals surface area contributed by atoms with Gasteiger partial charge in [0.05, 0.1) is 18.0 Å². The van der Waals surface area contributed by atoms with Crippen molar-refractivity contribution in [3.8, 4) is 0 Å². The van der Waals surface area contributed by atoms with Crippen LogP contribution in [-0.2, 0) is 22.3 Å². The summed E-state index contributed by atoms with van der Waals surface area (Å²) in [6.45, 7) is 3.16. The van der Waals surface area contributed by atoms with Crippen molar-refractivity contribution in [1.82, 2.24) is 9.80 Å². The van der Waals surface area contributed by atoms with Crippen molar-refractivity contribution in [3.05, 3.63) is 35.4 Å². The van der Waals surface area contributed by atoms with Gasteiger partial charge in [-0.15, -0.1) is 0 Å². The first kappa shape index (κ1) is 22.9. The van der Waals surface area contributed by atoms with Crippen LogP contribution >= 0.6 is 0 Å². The van der Waals surface area contributed by atoms with Crippen molar-refractivity contribution >= 4 is 12.1 Å². The highest BCUT2D eigenvalue weighted by atomic mass is 19.4. The summed E-state index contributed by atoms with van der Waals surface area (Å²) in [6, 6.07) is 5.26. The molecule has 2 saturated heterocycles. The molecular weight excluding hydrogens is 425 g/mol. The summed E-state index contributed by atoms with van der Waals surface area (Å²) >= 11 is 0. The first-order chi connectivity index (χ1) is 15.1. The second kappa shape index (κ2) is 8.92. The molecule has 1 aliphatic carbocycles. The van der Waals surface area contributed by atoms with Gasteiger partial charge in [-0.1, -0.05) is 12.1 Å². The maximum absolute atomic E-state index is 12.7. The minimum absolute atomic E-state index is 0.267. The quantitative estimate of drug-likeness (QED) is 0.715. The lowest BCUT2D eigenvalue weighted by atomic mass is 9.81. The Kier molecular flexibility index (Phi) is 6.38. The summed E-state index contributed by atoms with van der Waals surface area (Å²) < 4.78 is 44.0. The number of benzene rings is 1. The molecule has 1 aromatic rings.